The molecule has 100 valence electrons. The molecular weight excluding hydrogens is 254 g/mol. The number of halogens is 6. The van der Waals surface area contributed by atoms with Gasteiger partial charge in [-0.1, -0.05) is 6.58 Å². The van der Waals surface area contributed by atoms with Gasteiger partial charge in [-0.3, -0.25) is 0 Å². The third-order valence-electron chi connectivity index (χ3n) is 1.97. The second-order valence-corrected chi connectivity index (χ2v) is 3.63. The fourth-order valence-corrected chi connectivity index (χ4v) is 0.896. The van der Waals surface area contributed by atoms with E-state index in [1.807, 2.05) is 0 Å². The molecule has 0 amide bonds. The zero-order chi connectivity index (χ0) is 14.1. The highest BCUT2D eigenvalue weighted by Crippen LogP contribution is 2.47. The second kappa shape index (κ2) is 4.58. The molecule has 2 nitrogen and oxygen atoms in total. The van der Waals surface area contributed by atoms with Crippen molar-refractivity contribution in [2.75, 3.05) is 0 Å². The van der Waals surface area contributed by atoms with Gasteiger partial charge >= 0.3 is 24.2 Å². The van der Waals surface area contributed by atoms with Crippen LogP contribution in [-0.4, -0.2) is 29.8 Å². The monoisotopic (exact) mass is 264 g/mol. The van der Waals surface area contributed by atoms with Crippen molar-refractivity contribution in [1.29, 1.82) is 0 Å². The number of esters is 1. The molecule has 8 heteroatoms. The van der Waals surface area contributed by atoms with Gasteiger partial charge in [0.05, 0.1) is 0 Å². The summed E-state index contributed by atoms with van der Waals surface area (Å²) in [5.41, 5.74) is -3.10. The van der Waals surface area contributed by atoms with Gasteiger partial charge in [0.2, 0.25) is 0 Å². The molecule has 0 unspecified atom stereocenters. The zero-order valence-corrected chi connectivity index (χ0v) is 8.95. The first-order chi connectivity index (χ1) is 7.40. The number of carbonyl (C=O) groups is 1. The number of rotatable bonds is 5. The van der Waals surface area contributed by atoms with Gasteiger partial charge in [-0.05, 0) is 13.8 Å². The van der Waals surface area contributed by atoms with Crippen LogP contribution in [0.5, 0.6) is 0 Å². The lowest BCUT2D eigenvalue weighted by molar-refractivity contribution is -0.318. The van der Waals surface area contributed by atoms with Crippen molar-refractivity contribution in [1.82, 2.24) is 0 Å². The minimum atomic E-state index is -5.61. The van der Waals surface area contributed by atoms with Crippen molar-refractivity contribution in [3.05, 3.63) is 12.7 Å². The first-order valence-corrected chi connectivity index (χ1v) is 4.29. The highest BCUT2D eigenvalue weighted by Gasteiger charge is 2.71. The molecule has 0 aromatic heterocycles. The number of hydrogen-bond donors (Lipinski definition) is 0. The molecule has 0 spiro atoms. The normalized spacial score (nSPS) is 13.7. The summed E-state index contributed by atoms with van der Waals surface area (Å²) in [7, 11) is 0. The Balaban J connectivity index is 5.28. The molecule has 0 aliphatic heterocycles. The van der Waals surface area contributed by atoms with Crippen LogP contribution >= 0.6 is 0 Å². The van der Waals surface area contributed by atoms with Crippen LogP contribution in [0.3, 0.4) is 0 Å². The lowest BCUT2D eigenvalue weighted by atomic mass is 9.94. The Kier molecular flexibility index (Phi) is 4.25. The molecule has 0 aromatic rings. The maximum Gasteiger partial charge on any atom is 0.373 e. The summed E-state index contributed by atoms with van der Waals surface area (Å²) in [6.45, 7) is 3.68. The van der Waals surface area contributed by atoms with E-state index in [4.69, 9.17) is 0 Å². The molecule has 0 saturated carbocycles. The van der Waals surface area contributed by atoms with Gasteiger partial charge < -0.3 is 4.74 Å². The summed E-state index contributed by atoms with van der Waals surface area (Å²) in [5, 5.41) is 0. The van der Waals surface area contributed by atoms with Crippen LogP contribution in [0.2, 0.25) is 0 Å². The standard InChI is InChI=1S/C9H10F6O2/c1-4-5(16)17-7(2,3)9(14,15)8(12,13)6(10)11/h4,6H,1H2,2-3H3. The topological polar surface area (TPSA) is 26.3 Å². The Morgan fingerprint density at radius 1 is 1.24 bits per heavy atom. The minimum absolute atomic E-state index is 0.407. The van der Waals surface area contributed by atoms with E-state index < -0.39 is 29.8 Å². The van der Waals surface area contributed by atoms with Crippen molar-refractivity contribution in [3.8, 4) is 0 Å². The van der Waals surface area contributed by atoms with Crippen LogP contribution in [0, 0.1) is 0 Å². The second-order valence-electron chi connectivity index (χ2n) is 3.63. The highest BCUT2D eigenvalue weighted by molar-refractivity contribution is 5.81. The van der Waals surface area contributed by atoms with Gasteiger partial charge in [-0.25, -0.2) is 13.6 Å². The fraction of sp³-hybridized carbons (Fsp3) is 0.667. The Morgan fingerprint density at radius 2 is 1.65 bits per heavy atom. The molecular formula is C9H10F6O2. The van der Waals surface area contributed by atoms with Crippen molar-refractivity contribution < 1.29 is 35.9 Å². The molecule has 0 radical (unpaired) electrons. The van der Waals surface area contributed by atoms with Crippen LogP contribution in [-0.2, 0) is 9.53 Å². The smallest absolute Gasteiger partial charge is 0.373 e. The summed E-state index contributed by atoms with van der Waals surface area (Å²) >= 11 is 0. The van der Waals surface area contributed by atoms with E-state index in [9.17, 15) is 31.1 Å². The predicted molar refractivity (Wildman–Crippen MR) is 46.3 cm³/mol. The SMILES string of the molecule is C=CC(=O)OC(C)(C)C(F)(F)C(F)(F)C(F)F. The molecule has 0 fully saturated rings. The van der Waals surface area contributed by atoms with E-state index in [1.165, 1.54) is 0 Å². The quantitative estimate of drug-likeness (QED) is 0.433. The van der Waals surface area contributed by atoms with Crippen LogP contribution in [0.15, 0.2) is 12.7 Å². The maximum atomic E-state index is 13.2. The summed E-state index contributed by atoms with van der Waals surface area (Å²) < 4.78 is 79.4. The highest BCUT2D eigenvalue weighted by atomic mass is 19.3. The van der Waals surface area contributed by atoms with Crippen LogP contribution in [0.4, 0.5) is 26.3 Å². The molecule has 0 aliphatic carbocycles. The zero-order valence-electron chi connectivity index (χ0n) is 8.95. The van der Waals surface area contributed by atoms with Gasteiger partial charge in [0.15, 0.2) is 5.60 Å². The first kappa shape index (κ1) is 15.8. The van der Waals surface area contributed by atoms with Gasteiger partial charge in [-0.15, -0.1) is 0 Å². The van der Waals surface area contributed by atoms with Gasteiger partial charge in [0.1, 0.15) is 0 Å². The molecule has 0 heterocycles. The van der Waals surface area contributed by atoms with Gasteiger partial charge in [0, 0.05) is 6.08 Å². The molecule has 17 heavy (non-hydrogen) atoms. The lowest BCUT2D eigenvalue weighted by Crippen LogP contribution is -2.60. The average molecular weight is 264 g/mol. The van der Waals surface area contributed by atoms with E-state index in [-0.39, 0.29) is 0 Å². The average Bonchev–Trinajstić information content (AvgIpc) is 2.15. The third kappa shape index (κ3) is 2.73. The minimum Gasteiger partial charge on any atom is -0.450 e. The summed E-state index contributed by atoms with van der Waals surface area (Å²) in [6, 6.07) is 0. The summed E-state index contributed by atoms with van der Waals surface area (Å²) in [4.78, 5) is 10.7. The number of carbonyl (C=O) groups excluding carboxylic acids is 1. The molecule has 0 rings (SSSR count). The third-order valence-corrected chi connectivity index (χ3v) is 1.97. The Morgan fingerprint density at radius 3 is 1.94 bits per heavy atom. The van der Waals surface area contributed by atoms with Crippen molar-refractivity contribution in [3.63, 3.8) is 0 Å². The molecule has 0 bridgehead atoms. The van der Waals surface area contributed by atoms with Crippen LogP contribution in [0.1, 0.15) is 13.8 Å². The van der Waals surface area contributed by atoms with Gasteiger partial charge in [0.25, 0.3) is 0 Å². The van der Waals surface area contributed by atoms with Crippen molar-refractivity contribution in [2.45, 2.75) is 37.7 Å². The van der Waals surface area contributed by atoms with E-state index in [1.54, 1.807) is 0 Å². The Bertz CT molecular complexity index is 311. The molecule has 0 atom stereocenters. The summed E-state index contributed by atoms with van der Waals surface area (Å²) in [5.74, 6) is -12.3. The number of alkyl halides is 6. The van der Waals surface area contributed by atoms with Gasteiger partial charge in [-0.2, -0.15) is 17.6 Å². The molecule has 0 N–H and O–H groups in total. The number of hydrogen-bond acceptors (Lipinski definition) is 2. The largest absolute Gasteiger partial charge is 0.450 e. The number of ether oxygens (including phenoxy) is 1. The maximum absolute atomic E-state index is 13.2. The van der Waals surface area contributed by atoms with E-state index in [2.05, 4.69) is 11.3 Å². The van der Waals surface area contributed by atoms with Crippen LogP contribution < -0.4 is 0 Å². The van der Waals surface area contributed by atoms with E-state index >= 15 is 0 Å². The lowest BCUT2D eigenvalue weighted by Gasteiger charge is -2.37. The van der Waals surface area contributed by atoms with E-state index in [0.29, 0.717) is 19.9 Å². The van der Waals surface area contributed by atoms with Crippen molar-refractivity contribution >= 4 is 5.97 Å². The fourth-order valence-electron chi connectivity index (χ4n) is 0.896. The van der Waals surface area contributed by atoms with Crippen LogP contribution in [0.25, 0.3) is 0 Å². The van der Waals surface area contributed by atoms with Crippen molar-refractivity contribution in [2.24, 2.45) is 0 Å². The predicted octanol–water partition coefficient (Wildman–Crippen LogP) is 3.03. The summed E-state index contributed by atoms with van der Waals surface area (Å²) in [6.07, 6.45) is -4.13. The first-order valence-electron chi connectivity index (χ1n) is 4.29. The Labute approximate surface area is 93.2 Å². The van der Waals surface area contributed by atoms with E-state index in [0.717, 1.165) is 0 Å². The molecule has 0 saturated heterocycles. The molecule has 0 aliphatic rings. The Hall–Kier alpha value is -1.21. The molecule has 0 aromatic carbocycles.